The molecule has 0 aliphatic heterocycles. The molecule has 0 bridgehead atoms. The molecule has 3 rings (SSSR count). The van der Waals surface area contributed by atoms with E-state index in [2.05, 4.69) is 27.3 Å². The van der Waals surface area contributed by atoms with Gasteiger partial charge in [0.1, 0.15) is 5.69 Å². The van der Waals surface area contributed by atoms with E-state index in [4.69, 9.17) is 11.6 Å². The second kappa shape index (κ2) is 5.66. The van der Waals surface area contributed by atoms with Crippen molar-refractivity contribution in [1.29, 1.82) is 0 Å². The van der Waals surface area contributed by atoms with Crippen molar-refractivity contribution in [2.75, 3.05) is 5.32 Å². The maximum absolute atomic E-state index is 11.1. The molecule has 0 saturated heterocycles. The molecule has 108 valence electrons. The third kappa shape index (κ3) is 2.76. The van der Waals surface area contributed by atoms with Gasteiger partial charge in [0.15, 0.2) is 0 Å². The Kier molecular flexibility index (Phi) is 3.87. The number of hydrogen-bond donors (Lipinski definition) is 1. The largest absolute Gasteiger partial charge is 0.373 e. The third-order valence-corrected chi connectivity index (χ3v) is 4.68. The summed E-state index contributed by atoms with van der Waals surface area (Å²) in [7, 11) is 0. The van der Waals surface area contributed by atoms with Gasteiger partial charge in [-0.3, -0.25) is 10.1 Å². The highest BCUT2D eigenvalue weighted by atomic mass is 79.9. The predicted octanol–water partition coefficient (Wildman–Crippen LogP) is 5.11. The van der Waals surface area contributed by atoms with E-state index in [1.54, 1.807) is 12.1 Å². The van der Waals surface area contributed by atoms with Crippen LogP contribution >= 0.6 is 27.5 Å². The standard InChI is InChI=1S/C15H12BrClN2O2/c16-12-3-1-2-11-10(12)5-7-13(11)18-14-6-4-9(17)8-15(14)19(20)21/h1-4,6,8,13,18H,5,7H2. The summed E-state index contributed by atoms with van der Waals surface area (Å²) in [6.45, 7) is 0. The molecule has 4 nitrogen and oxygen atoms in total. The molecule has 1 N–H and O–H groups in total. The molecule has 6 heteroatoms. The van der Waals surface area contributed by atoms with Crippen LogP contribution in [-0.4, -0.2) is 4.92 Å². The number of nitro benzene ring substituents is 1. The number of hydrogen-bond acceptors (Lipinski definition) is 3. The van der Waals surface area contributed by atoms with Crippen LogP contribution in [-0.2, 0) is 6.42 Å². The Morgan fingerprint density at radius 1 is 1.33 bits per heavy atom. The van der Waals surface area contributed by atoms with Crippen LogP contribution < -0.4 is 5.32 Å². The first-order valence-corrected chi connectivity index (χ1v) is 7.71. The summed E-state index contributed by atoms with van der Waals surface area (Å²) in [6, 6.07) is 10.8. The van der Waals surface area contributed by atoms with Crippen LogP contribution in [0.15, 0.2) is 40.9 Å². The lowest BCUT2D eigenvalue weighted by molar-refractivity contribution is -0.384. The number of nitro groups is 1. The van der Waals surface area contributed by atoms with Crippen LogP contribution in [0.4, 0.5) is 11.4 Å². The number of fused-ring (bicyclic) bond motifs is 1. The lowest BCUT2D eigenvalue weighted by atomic mass is 10.1. The van der Waals surface area contributed by atoms with Crippen LogP contribution in [0.3, 0.4) is 0 Å². The van der Waals surface area contributed by atoms with Gasteiger partial charge in [0.05, 0.1) is 11.0 Å². The zero-order valence-electron chi connectivity index (χ0n) is 11.0. The molecule has 0 fully saturated rings. The fourth-order valence-corrected chi connectivity index (χ4v) is 3.47. The van der Waals surface area contributed by atoms with Crippen molar-refractivity contribution >= 4 is 38.9 Å². The van der Waals surface area contributed by atoms with Crippen LogP contribution in [0.1, 0.15) is 23.6 Å². The van der Waals surface area contributed by atoms with Gasteiger partial charge in [-0.25, -0.2) is 0 Å². The molecule has 21 heavy (non-hydrogen) atoms. The van der Waals surface area contributed by atoms with Gasteiger partial charge in [-0.2, -0.15) is 0 Å². The molecule has 0 spiro atoms. The Labute approximate surface area is 135 Å². The molecule has 1 atom stereocenters. The van der Waals surface area contributed by atoms with Crippen molar-refractivity contribution in [3.63, 3.8) is 0 Å². The summed E-state index contributed by atoms with van der Waals surface area (Å²) < 4.78 is 1.09. The summed E-state index contributed by atoms with van der Waals surface area (Å²) >= 11 is 9.39. The van der Waals surface area contributed by atoms with Crippen molar-refractivity contribution in [2.45, 2.75) is 18.9 Å². The second-order valence-corrected chi connectivity index (χ2v) is 6.25. The number of halogens is 2. The molecular formula is C15H12BrClN2O2. The van der Waals surface area contributed by atoms with Crippen molar-refractivity contribution in [2.24, 2.45) is 0 Å². The lowest BCUT2D eigenvalue weighted by Crippen LogP contribution is -2.08. The Morgan fingerprint density at radius 3 is 2.90 bits per heavy atom. The molecule has 1 unspecified atom stereocenters. The minimum atomic E-state index is -0.412. The van der Waals surface area contributed by atoms with Crippen molar-refractivity contribution < 1.29 is 4.92 Å². The third-order valence-electron chi connectivity index (χ3n) is 3.70. The smallest absolute Gasteiger partial charge is 0.293 e. The summed E-state index contributed by atoms with van der Waals surface area (Å²) in [5.74, 6) is 0. The number of benzene rings is 2. The summed E-state index contributed by atoms with van der Waals surface area (Å²) in [4.78, 5) is 10.7. The van der Waals surface area contributed by atoms with Gasteiger partial charge in [0, 0.05) is 15.6 Å². The quantitative estimate of drug-likeness (QED) is 0.606. The van der Waals surface area contributed by atoms with Gasteiger partial charge >= 0.3 is 0 Å². The number of nitrogens with one attached hydrogen (secondary N) is 1. The van der Waals surface area contributed by atoms with Crippen molar-refractivity contribution in [3.05, 3.63) is 67.1 Å². The van der Waals surface area contributed by atoms with E-state index in [9.17, 15) is 10.1 Å². The van der Waals surface area contributed by atoms with E-state index in [0.29, 0.717) is 10.7 Å². The Hall–Kier alpha value is -1.59. The summed E-state index contributed by atoms with van der Waals surface area (Å²) in [6.07, 6.45) is 1.87. The molecule has 0 aromatic heterocycles. The van der Waals surface area contributed by atoms with Gasteiger partial charge < -0.3 is 5.32 Å². The highest BCUT2D eigenvalue weighted by Crippen LogP contribution is 2.39. The highest BCUT2D eigenvalue weighted by molar-refractivity contribution is 9.10. The minimum Gasteiger partial charge on any atom is -0.373 e. The minimum absolute atomic E-state index is 0.00551. The molecule has 0 saturated carbocycles. The monoisotopic (exact) mass is 366 g/mol. The van der Waals surface area contributed by atoms with E-state index >= 15 is 0 Å². The van der Waals surface area contributed by atoms with Crippen LogP contribution in [0.5, 0.6) is 0 Å². The molecule has 1 aliphatic carbocycles. The van der Waals surface area contributed by atoms with Gasteiger partial charge in [0.2, 0.25) is 0 Å². The first-order valence-electron chi connectivity index (χ1n) is 6.54. The van der Waals surface area contributed by atoms with Gasteiger partial charge in [0.25, 0.3) is 5.69 Å². The molecular weight excluding hydrogens is 356 g/mol. The number of anilines is 1. The fourth-order valence-electron chi connectivity index (χ4n) is 2.73. The maximum Gasteiger partial charge on any atom is 0.293 e. The predicted molar refractivity (Wildman–Crippen MR) is 86.9 cm³/mol. The average Bonchev–Trinajstić information content (AvgIpc) is 2.85. The Balaban J connectivity index is 1.93. The SMILES string of the molecule is O=[N+]([O-])c1cc(Cl)ccc1NC1CCc2c(Br)cccc21. The zero-order valence-corrected chi connectivity index (χ0v) is 13.3. The Bertz CT molecular complexity index is 721. The van der Waals surface area contributed by atoms with E-state index in [0.717, 1.165) is 17.3 Å². The van der Waals surface area contributed by atoms with Gasteiger partial charge in [-0.15, -0.1) is 0 Å². The number of rotatable bonds is 3. The highest BCUT2D eigenvalue weighted by Gasteiger charge is 2.26. The van der Waals surface area contributed by atoms with Gasteiger partial charge in [-0.1, -0.05) is 39.7 Å². The second-order valence-electron chi connectivity index (χ2n) is 4.96. The molecule has 0 heterocycles. The average molecular weight is 368 g/mol. The normalized spacial score (nSPS) is 16.6. The summed E-state index contributed by atoms with van der Waals surface area (Å²) in [5, 5.41) is 14.8. The van der Waals surface area contributed by atoms with Gasteiger partial charge in [-0.05, 0) is 42.2 Å². The van der Waals surface area contributed by atoms with Crippen LogP contribution in [0, 0.1) is 10.1 Å². The molecule has 2 aromatic rings. The van der Waals surface area contributed by atoms with Crippen molar-refractivity contribution in [1.82, 2.24) is 0 Å². The first-order chi connectivity index (χ1) is 10.1. The molecule has 1 aliphatic rings. The Morgan fingerprint density at radius 2 is 2.14 bits per heavy atom. The molecule has 2 aromatic carbocycles. The van der Waals surface area contributed by atoms with Crippen molar-refractivity contribution in [3.8, 4) is 0 Å². The maximum atomic E-state index is 11.1. The number of nitrogens with zero attached hydrogens (tertiary/aromatic N) is 1. The zero-order chi connectivity index (χ0) is 15.0. The van der Waals surface area contributed by atoms with E-state index in [1.807, 2.05) is 12.1 Å². The summed E-state index contributed by atoms with van der Waals surface area (Å²) in [5.41, 5.74) is 2.97. The molecule has 0 amide bonds. The fraction of sp³-hybridized carbons (Fsp3) is 0.200. The van der Waals surface area contributed by atoms with E-state index < -0.39 is 4.92 Å². The lowest BCUT2D eigenvalue weighted by Gasteiger charge is -2.16. The topological polar surface area (TPSA) is 55.2 Å². The van der Waals surface area contributed by atoms with E-state index in [-0.39, 0.29) is 11.7 Å². The van der Waals surface area contributed by atoms with Crippen LogP contribution in [0.25, 0.3) is 0 Å². The molecule has 0 radical (unpaired) electrons. The van der Waals surface area contributed by atoms with Crippen LogP contribution in [0.2, 0.25) is 5.02 Å². The first kappa shape index (κ1) is 14.4. The van der Waals surface area contributed by atoms with E-state index in [1.165, 1.54) is 17.2 Å².